The highest BCUT2D eigenvalue weighted by molar-refractivity contribution is 5.19. The molecule has 7 heteroatoms. The van der Waals surface area contributed by atoms with Gasteiger partial charge in [-0.25, -0.2) is 0 Å². The van der Waals surface area contributed by atoms with Crippen molar-refractivity contribution in [3.63, 3.8) is 0 Å². The molecule has 0 aliphatic rings. The molecule has 0 aromatic heterocycles. The first-order valence-corrected chi connectivity index (χ1v) is 8.70. The predicted molar refractivity (Wildman–Crippen MR) is 110 cm³/mol. The van der Waals surface area contributed by atoms with Crippen molar-refractivity contribution in [2.24, 2.45) is 0 Å². The molecule has 0 saturated heterocycles. The minimum absolute atomic E-state index is 0.308. The third kappa shape index (κ3) is 21.2. The maximum atomic E-state index is 8.63. The molecule has 158 valence electrons. The van der Waals surface area contributed by atoms with E-state index in [0.29, 0.717) is 11.5 Å². The van der Waals surface area contributed by atoms with Gasteiger partial charge in [-0.15, -0.1) is 0 Å². The summed E-state index contributed by atoms with van der Waals surface area (Å²) in [5.74, 6) is 0.644. The van der Waals surface area contributed by atoms with Gasteiger partial charge in [0.25, 0.3) is 0 Å². The van der Waals surface area contributed by atoms with Gasteiger partial charge in [-0.2, -0.15) is 0 Å². The third-order valence-electron chi connectivity index (χ3n) is 2.71. The maximum Gasteiger partial charge on any atom is 0.175 e. The Bertz CT molecular complexity index is 605. The molecule has 0 amide bonds. The average Bonchev–Trinajstić information content (AvgIpc) is 2.71. The van der Waals surface area contributed by atoms with Crippen molar-refractivity contribution >= 4 is 0 Å². The van der Waals surface area contributed by atoms with E-state index in [1.807, 2.05) is 48.5 Å². The van der Waals surface area contributed by atoms with E-state index in [4.69, 9.17) is 30.6 Å². The van der Waals surface area contributed by atoms with Gasteiger partial charge in [0.05, 0.1) is 13.2 Å². The number of aromatic hydroxyl groups is 2. The van der Waals surface area contributed by atoms with E-state index in [1.165, 1.54) is 0 Å². The summed E-state index contributed by atoms with van der Waals surface area (Å²) < 4.78 is 4.36. The second-order valence-electron chi connectivity index (χ2n) is 5.32. The maximum absolute atomic E-state index is 8.63. The normalized spacial score (nSPS) is 9.31. The molecule has 0 radical (unpaired) electrons. The number of hydrogen-bond donors (Lipinski definition) is 6. The molecule has 0 unspecified atom stereocenters. The van der Waals surface area contributed by atoms with E-state index in [-0.39, 0.29) is 13.2 Å². The Morgan fingerprint density at radius 1 is 0.483 bits per heavy atom. The second-order valence-corrected chi connectivity index (χ2v) is 5.32. The highest BCUT2D eigenvalue weighted by Gasteiger charge is 1.99. The Hall–Kier alpha value is -2.94. The van der Waals surface area contributed by atoms with Crippen molar-refractivity contribution in [3.05, 3.63) is 97.1 Å². The number of aliphatic hydroxyl groups excluding tert-OH is 2. The molecule has 6 N–H and O–H groups in total. The minimum atomic E-state index is -1.55. The first-order valence-electron chi connectivity index (χ1n) is 8.70. The van der Waals surface area contributed by atoms with Crippen LogP contribution in [0.4, 0.5) is 0 Å². The van der Waals surface area contributed by atoms with Gasteiger partial charge < -0.3 is 35.4 Å². The van der Waals surface area contributed by atoms with Crippen LogP contribution in [0.25, 0.3) is 0 Å². The molecule has 0 aliphatic carbocycles. The molecule has 0 saturated carbocycles. The van der Waals surface area contributed by atoms with Crippen LogP contribution in [0, 0.1) is 0 Å². The van der Waals surface area contributed by atoms with Gasteiger partial charge in [-0.05, 0) is 24.3 Å². The van der Waals surface area contributed by atoms with Gasteiger partial charge in [0.15, 0.2) is 12.6 Å². The van der Waals surface area contributed by atoms with Crippen LogP contribution in [0.15, 0.2) is 97.1 Å². The van der Waals surface area contributed by atoms with Gasteiger partial charge in [0.1, 0.15) is 11.5 Å². The molecule has 7 nitrogen and oxygen atoms in total. The summed E-state index contributed by atoms with van der Waals surface area (Å²) in [7, 11) is 0. The van der Waals surface area contributed by atoms with Crippen LogP contribution in [0.2, 0.25) is 0 Å². The smallest absolute Gasteiger partial charge is 0.175 e. The second kappa shape index (κ2) is 18.4. The Labute approximate surface area is 170 Å². The number of phenolic OH excluding ortho intramolecular Hbond substituents is 2. The first kappa shape index (κ1) is 26.1. The highest BCUT2D eigenvalue weighted by Crippen LogP contribution is 2.03. The SMILES string of the molecule is OC(O)COCC(O)O.Oc1ccccc1.Oc1ccccc1.c1ccccc1. The van der Waals surface area contributed by atoms with Crippen molar-refractivity contribution in [1.82, 2.24) is 0 Å². The van der Waals surface area contributed by atoms with E-state index in [2.05, 4.69) is 4.74 Å². The van der Waals surface area contributed by atoms with Gasteiger partial charge in [-0.3, -0.25) is 0 Å². The van der Waals surface area contributed by atoms with Crippen LogP contribution in [0.3, 0.4) is 0 Å². The summed E-state index contributed by atoms with van der Waals surface area (Å²) in [6.45, 7) is -0.616. The fraction of sp³-hybridized carbons (Fsp3) is 0.182. The van der Waals surface area contributed by atoms with Gasteiger partial charge in [0, 0.05) is 0 Å². The van der Waals surface area contributed by atoms with E-state index < -0.39 is 12.6 Å². The summed E-state index contributed by atoms with van der Waals surface area (Å²) in [5.41, 5.74) is 0. The zero-order valence-corrected chi connectivity index (χ0v) is 15.9. The Morgan fingerprint density at radius 3 is 0.897 bits per heavy atom. The monoisotopic (exact) mass is 404 g/mol. The van der Waals surface area contributed by atoms with E-state index in [1.54, 1.807) is 48.5 Å². The van der Waals surface area contributed by atoms with Gasteiger partial charge in [-0.1, -0.05) is 72.8 Å². The number of phenols is 2. The van der Waals surface area contributed by atoms with Crippen LogP contribution >= 0.6 is 0 Å². The van der Waals surface area contributed by atoms with Crippen molar-refractivity contribution in [3.8, 4) is 11.5 Å². The summed E-state index contributed by atoms with van der Waals surface area (Å²) >= 11 is 0. The number of ether oxygens (including phenoxy) is 1. The summed E-state index contributed by atoms with van der Waals surface area (Å²) in [4.78, 5) is 0. The molecule has 3 aromatic carbocycles. The standard InChI is InChI=1S/2C6H6O.C6H6.C4H10O5/c2*7-6-4-2-1-3-5-6;1-2-4-6-5-3-1;5-3(6)1-9-2-4(7)8/h2*1-5,7H;1-6H;3-8H,1-2H2. The summed E-state index contributed by atoms with van der Waals surface area (Å²) in [6, 6.07) is 29.4. The van der Waals surface area contributed by atoms with Crippen LogP contribution in [-0.4, -0.2) is 56.4 Å². The Morgan fingerprint density at radius 2 is 0.724 bits per heavy atom. The van der Waals surface area contributed by atoms with Crippen LogP contribution in [-0.2, 0) is 4.74 Å². The fourth-order valence-corrected chi connectivity index (χ4v) is 1.52. The molecule has 3 aromatic rings. The molecular formula is C22H28O7. The lowest BCUT2D eigenvalue weighted by molar-refractivity contribution is -0.138. The molecule has 3 rings (SSSR count). The van der Waals surface area contributed by atoms with Crippen molar-refractivity contribution in [2.45, 2.75) is 12.6 Å². The zero-order chi connectivity index (χ0) is 21.7. The summed E-state index contributed by atoms with van der Waals surface area (Å²) in [5, 5.41) is 49.8. The lowest BCUT2D eigenvalue weighted by Crippen LogP contribution is -2.20. The number of aliphatic hydroxyl groups is 4. The van der Waals surface area contributed by atoms with Crippen molar-refractivity contribution in [1.29, 1.82) is 0 Å². The number of para-hydroxylation sites is 2. The molecule has 0 heterocycles. The van der Waals surface area contributed by atoms with Gasteiger partial charge in [0.2, 0.25) is 0 Å². The molecule has 0 bridgehead atoms. The molecule has 0 aliphatic heterocycles. The quantitative estimate of drug-likeness (QED) is 0.367. The highest BCUT2D eigenvalue weighted by atomic mass is 16.6. The zero-order valence-electron chi connectivity index (χ0n) is 15.9. The van der Waals surface area contributed by atoms with Gasteiger partial charge >= 0.3 is 0 Å². The largest absolute Gasteiger partial charge is 0.508 e. The third-order valence-corrected chi connectivity index (χ3v) is 2.71. The molecule has 0 atom stereocenters. The van der Waals surface area contributed by atoms with E-state index in [0.717, 1.165) is 0 Å². The number of hydrogen-bond acceptors (Lipinski definition) is 7. The fourth-order valence-electron chi connectivity index (χ4n) is 1.52. The topological polar surface area (TPSA) is 131 Å². The van der Waals surface area contributed by atoms with Crippen LogP contribution < -0.4 is 0 Å². The Balaban J connectivity index is 0.000000363. The lowest BCUT2D eigenvalue weighted by atomic mass is 10.3. The lowest BCUT2D eigenvalue weighted by Gasteiger charge is -2.05. The van der Waals surface area contributed by atoms with Crippen molar-refractivity contribution < 1.29 is 35.4 Å². The minimum Gasteiger partial charge on any atom is -0.508 e. The molecule has 29 heavy (non-hydrogen) atoms. The predicted octanol–water partition coefficient (Wildman–Crippen LogP) is 2.10. The molecular weight excluding hydrogens is 376 g/mol. The number of benzene rings is 3. The van der Waals surface area contributed by atoms with Crippen LogP contribution in [0.1, 0.15) is 0 Å². The van der Waals surface area contributed by atoms with E-state index >= 15 is 0 Å². The summed E-state index contributed by atoms with van der Waals surface area (Å²) in [6.07, 6.45) is -3.10. The average molecular weight is 404 g/mol. The first-order chi connectivity index (χ1) is 13.9. The molecule has 0 fully saturated rings. The van der Waals surface area contributed by atoms with Crippen molar-refractivity contribution in [2.75, 3.05) is 13.2 Å². The molecule has 0 spiro atoms. The van der Waals surface area contributed by atoms with Crippen LogP contribution in [0.5, 0.6) is 11.5 Å². The van der Waals surface area contributed by atoms with E-state index in [9.17, 15) is 0 Å². The Kier molecular flexibility index (Phi) is 16.6. The number of rotatable bonds is 4.